The number of hydrogen-bond donors (Lipinski definition) is 1. The number of carboxylic acids is 1. The quantitative estimate of drug-likeness (QED) is 0.813. The van der Waals surface area contributed by atoms with E-state index in [9.17, 15) is 13.6 Å². The molecule has 0 aliphatic carbocycles. The summed E-state index contributed by atoms with van der Waals surface area (Å²) in [5.74, 6) is -1.13. The van der Waals surface area contributed by atoms with Gasteiger partial charge in [-0.25, -0.2) is 8.78 Å². The molecule has 0 fully saturated rings. The van der Waals surface area contributed by atoms with Crippen LogP contribution in [0, 0.1) is 6.92 Å². The third-order valence-corrected chi connectivity index (χ3v) is 1.84. The van der Waals surface area contributed by atoms with Gasteiger partial charge in [0, 0.05) is 17.5 Å². The first kappa shape index (κ1) is 10.6. The van der Waals surface area contributed by atoms with E-state index in [1.54, 1.807) is 0 Å². The largest absolute Gasteiger partial charge is 0.481 e. The van der Waals surface area contributed by atoms with E-state index in [2.05, 4.69) is 4.98 Å². The Morgan fingerprint density at radius 2 is 2.29 bits per heavy atom. The van der Waals surface area contributed by atoms with Gasteiger partial charge in [-0.1, -0.05) is 0 Å². The predicted octanol–water partition coefficient (Wildman–Crippen LogP) is 1.95. The van der Waals surface area contributed by atoms with Gasteiger partial charge in [0.25, 0.3) is 6.43 Å². The van der Waals surface area contributed by atoms with Crippen LogP contribution in [-0.4, -0.2) is 16.1 Å². The molecule has 76 valence electrons. The predicted molar refractivity (Wildman–Crippen MR) is 45.3 cm³/mol. The van der Waals surface area contributed by atoms with Gasteiger partial charge >= 0.3 is 5.97 Å². The molecule has 0 spiro atoms. The molecule has 0 bridgehead atoms. The highest BCUT2D eigenvalue weighted by atomic mass is 19.3. The average Bonchev–Trinajstić information content (AvgIpc) is 2.01. The van der Waals surface area contributed by atoms with Crippen LogP contribution in [-0.2, 0) is 11.2 Å². The molecule has 1 aromatic heterocycles. The maximum Gasteiger partial charge on any atom is 0.307 e. The first-order valence-corrected chi connectivity index (χ1v) is 3.96. The van der Waals surface area contributed by atoms with Gasteiger partial charge in [0.1, 0.15) is 0 Å². The van der Waals surface area contributed by atoms with Crippen LogP contribution in [0.25, 0.3) is 0 Å². The number of aromatic nitrogens is 1. The molecule has 1 rings (SSSR count). The molecule has 0 saturated carbocycles. The number of carbonyl (C=O) groups is 1. The Balaban J connectivity index is 3.14. The van der Waals surface area contributed by atoms with Crippen molar-refractivity contribution in [3.63, 3.8) is 0 Å². The summed E-state index contributed by atoms with van der Waals surface area (Å²) in [5, 5.41) is 8.50. The molecule has 0 aliphatic rings. The molecule has 0 saturated heterocycles. The molecule has 3 nitrogen and oxygen atoms in total. The number of nitrogens with zero attached hydrogens (tertiary/aromatic N) is 1. The highest BCUT2D eigenvalue weighted by Gasteiger charge is 2.17. The van der Waals surface area contributed by atoms with Gasteiger partial charge in [0.15, 0.2) is 0 Å². The lowest BCUT2D eigenvalue weighted by Gasteiger charge is -2.08. The fraction of sp³-hybridized carbons (Fsp3) is 0.333. The van der Waals surface area contributed by atoms with Crippen LogP contribution in [0.1, 0.15) is 23.2 Å². The minimum atomic E-state index is -2.68. The summed E-state index contributed by atoms with van der Waals surface area (Å²) in [6, 6.07) is 1.31. The van der Waals surface area contributed by atoms with Gasteiger partial charge in [-0.2, -0.15) is 0 Å². The summed E-state index contributed by atoms with van der Waals surface area (Å²) in [6.45, 7) is 1.44. The first-order chi connectivity index (χ1) is 6.52. The van der Waals surface area contributed by atoms with Crippen LogP contribution in [0.5, 0.6) is 0 Å². The fourth-order valence-electron chi connectivity index (χ4n) is 1.25. The topological polar surface area (TPSA) is 50.2 Å². The molecule has 0 amide bonds. The van der Waals surface area contributed by atoms with Crippen molar-refractivity contribution in [1.82, 2.24) is 4.98 Å². The van der Waals surface area contributed by atoms with Crippen molar-refractivity contribution in [3.05, 3.63) is 29.1 Å². The molecular weight excluding hydrogens is 192 g/mol. The third kappa shape index (κ3) is 2.25. The monoisotopic (exact) mass is 201 g/mol. The minimum Gasteiger partial charge on any atom is -0.481 e. The zero-order chi connectivity index (χ0) is 10.7. The van der Waals surface area contributed by atoms with E-state index in [1.807, 2.05) is 0 Å². The second kappa shape index (κ2) is 4.13. The summed E-state index contributed by atoms with van der Waals surface area (Å²) in [4.78, 5) is 14.1. The van der Waals surface area contributed by atoms with Crippen molar-refractivity contribution in [2.24, 2.45) is 0 Å². The van der Waals surface area contributed by atoms with Gasteiger partial charge in [0.2, 0.25) is 0 Å². The molecule has 0 aromatic carbocycles. The Kier molecular flexibility index (Phi) is 3.11. The van der Waals surface area contributed by atoms with Gasteiger partial charge in [-0.3, -0.25) is 9.78 Å². The van der Waals surface area contributed by atoms with Crippen LogP contribution >= 0.6 is 0 Å². The molecule has 0 radical (unpaired) electrons. The smallest absolute Gasteiger partial charge is 0.307 e. The summed E-state index contributed by atoms with van der Waals surface area (Å²) in [6.07, 6.45) is -1.75. The molecule has 0 unspecified atom stereocenters. The molecule has 0 aliphatic heterocycles. The summed E-state index contributed by atoms with van der Waals surface area (Å²) < 4.78 is 25.0. The summed E-state index contributed by atoms with van der Waals surface area (Å²) >= 11 is 0. The molecular formula is C9H9F2NO2. The number of halogens is 2. The highest BCUT2D eigenvalue weighted by Crippen LogP contribution is 2.25. The zero-order valence-electron chi connectivity index (χ0n) is 7.50. The lowest BCUT2D eigenvalue weighted by Crippen LogP contribution is -2.06. The lowest BCUT2D eigenvalue weighted by atomic mass is 10.0. The van der Waals surface area contributed by atoms with E-state index in [1.165, 1.54) is 19.2 Å². The molecule has 1 heterocycles. The number of alkyl halides is 2. The standard InChI is InChI=1S/C9H9F2NO2/c1-5-8(9(10)11)6(2-3-12-5)4-7(13)14/h2-3,9H,4H2,1H3,(H,13,14). The molecule has 5 heteroatoms. The maximum atomic E-state index is 12.5. The molecule has 1 aromatic rings. The van der Waals surface area contributed by atoms with Crippen molar-refractivity contribution in [2.75, 3.05) is 0 Å². The maximum absolute atomic E-state index is 12.5. The second-order valence-corrected chi connectivity index (χ2v) is 2.84. The fourth-order valence-corrected chi connectivity index (χ4v) is 1.25. The Bertz CT molecular complexity index is 353. The Morgan fingerprint density at radius 1 is 1.64 bits per heavy atom. The van der Waals surface area contributed by atoms with Crippen molar-refractivity contribution < 1.29 is 18.7 Å². The van der Waals surface area contributed by atoms with Crippen LogP contribution < -0.4 is 0 Å². The molecule has 1 N–H and O–H groups in total. The Labute approximate surface area is 79.4 Å². The van der Waals surface area contributed by atoms with Gasteiger partial charge in [0.05, 0.1) is 6.42 Å². The Morgan fingerprint density at radius 3 is 2.79 bits per heavy atom. The number of carboxylic acid groups (broad SMARTS) is 1. The zero-order valence-corrected chi connectivity index (χ0v) is 7.50. The number of hydrogen-bond acceptors (Lipinski definition) is 2. The van der Waals surface area contributed by atoms with Crippen molar-refractivity contribution in [2.45, 2.75) is 19.8 Å². The van der Waals surface area contributed by atoms with Crippen LogP contribution in [0.3, 0.4) is 0 Å². The van der Waals surface area contributed by atoms with E-state index >= 15 is 0 Å². The molecule has 0 atom stereocenters. The summed E-state index contributed by atoms with van der Waals surface area (Å²) in [7, 11) is 0. The van der Waals surface area contributed by atoms with Gasteiger partial charge < -0.3 is 5.11 Å². The average molecular weight is 201 g/mol. The van der Waals surface area contributed by atoms with Crippen LogP contribution in [0.15, 0.2) is 12.3 Å². The number of pyridine rings is 1. The van der Waals surface area contributed by atoms with Gasteiger partial charge in [-0.15, -0.1) is 0 Å². The van der Waals surface area contributed by atoms with Crippen LogP contribution in [0.2, 0.25) is 0 Å². The number of aryl methyl sites for hydroxylation is 1. The van der Waals surface area contributed by atoms with Crippen molar-refractivity contribution >= 4 is 5.97 Å². The summed E-state index contributed by atoms with van der Waals surface area (Å²) in [5.41, 5.74) is 0.0358. The van der Waals surface area contributed by atoms with E-state index in [4.69, 9.17) is 5.11 Å². The highest BCUT2D eigenvalue weighted by molar-refractivity contribution is 5.70. The van der Waals surface area contributed by atoms with E-state index < -0.39 is 18.8 Å². The van der Waals surface area contributed by atoms with Crippen molar-refractivity contribution in [1.29, 1.82) is 0 Å². The second-order valence-electron chi connectivity index (χ2n) is 2.84. The molecule has 14 heavy (non-hydrogen) atoms. The van der Waals surface area contributed by atoms with E-state index in [0.29, 0.717) is 0 Å². The first-order valence-electron chi connectivity index (χ1n) is 3.96. The van der Waals surface area contributed by atoms with E-state index in [0.717, 1.165) is 0 Å². The number of aliphatic carboxylic acids is 1. The van der Waals surface area contributed by atoms with E-state index in [-0.39, 0.29) is 16.8 Å². The van der Waals surface area contributed by atoms with Crippen molar-refractivity contribution in [3.8, 4) is 0 Å². The van der Waals surface area contributed by atoms with Crippen LogP contribution in [0.4, 0.5) is 8.78 Å². The SMILES string of the molecule is Cc1nccc(CC(=O)O)c1C(F)F. The van der Waals surface area contributed by atoms with Gasteiger partial charge in [-0.05, 0) is 18.6 Å². The normalized spacial score (nSPS) is 10.6. The third-order valence-electron chi connectivity index (χ3n) is 1.84. The lowest BCUT2D eigenvalue weighted by molar-refractivity contribution is -0.136. The Hall–Kier alpha value is -1.52. The number of rotatable bonds is 3. The minimum absolute atomic E-state index is 0.125.